The van der Waals surface area contributed by atoms with Gasteiger partial charge in [0.15, 0.2) is 0 Å². The van der Waals surface area contributed by atoms with Gasteiger partial charge < -0.3 is 9.47 Å². The Balaban J connectivity index is 0.000000686. The van der Waals surface area contributed by atoms with Gasteiger partial charge in [-0.05, 0) is 18.4 Å². The van der Waals surface area contributed by atoms with Gasteiger partial charge in [0.2, 0.25) is 0 Å². The summed E-state index contributed by atoms with van der Waals surface area (Å²) >= 11 is 0. The van der Waals surface area contributed by atoms with Gasteiger partial charge in [0.1, 0.15) is 0 Å². The second-order valence-electron chi connectivity index (χ2n) is 4.43. The van der Waals surface area contributed by atoms with E-state index in [0.717, 1.165) is 44.4 Å². The fourth-order valence-corrected chi connectivity index (χ4v) is 2.61. The van der Waals surface area contributed by atoms with Crippen LogP contribution in [0.5, 0.6) is 0 Å². The molecule has 4 heteroatoms. The summed E-state index contributed by atoms with van der Waals surface area (Å²) in [6.45, 7) is 7.77. The molecule has 0 aromatic heterocycles. The van der Waals surface area contributed by atoms with Gasteiger partial charge in [-0.15, -0.1) is 0 Å². The second-order valence-corrected chi connectivity index (χ2v) is 4.43. The third kappa shape index (κ3) is 3.27. The Morgan fingerprint density at radius 3 is 2.94 bits per heavy atom. The first-order valence-electron chi connectivity index (χ1n) is 6.40. The minimum Gasteiger partial charge on any atom is -0.383 e. The first-order valence-corrected chi connectivity index (χ1v) is 6.40. The molecule has 2 saturated heterocycles. The van der Waals surface area contributed by atoms with Crippen LogP contribution in [-0.2, 0) is 9.47 Å². The number of rotatable bonds is 2. The van der Waals surface area contributed by atoms with E-state index in [2.05, 4.69) is 4.90 Å². The largest absolute Gasteiger partial charge is 0.383 e. The maximum atomic E-state index is 12.6. The predicted molar refractivity (Wildman–Crippen MR) is 66.8 cm³/mol. The fraction of sp³-hybridized carbons (Fsp3) is 0.846. The molecule has 0 aliphatic carbocycles. The van der Waals surface area contributed by atoms with Gasteiger partial charge >= 0.3 is 0 Å². The topological polar surface area (TPSA) is 21.7 Å². The zero-order valence-corrected chi connectivity index (χ0v) is 11.2. The molecule has 1 atom stereocenters. The Morgan fingerprint density at radius 1 is 1.53 bits per heavy atom. The predicted octanol–water partition coefficient (Wildman–Crippen LogP) is 2.38. The normalized spacial score (nSPS) is 31.6. The van der Waals surface area contributed by atoms with Crippen LogP contribution in [0.4, 0.5) is 4.39 Å². The lowest BCUT2D eigenvalue weighted by Crippen LogP contribution is -2.50. The van der Waals surface area contributed by atoms with E-state index < -0.39 is 0 Å². The number of nitrogens with zero attached hydrogens (tertiary/aromatic N) is 1. The lowest BCUT2D eigenvalue weighted by molar-refractivity contribution is -0.00506. The molecular formula is C13H24FNO2. The SMILES string of the molecule is CC.COCC12COCCCN1C/C(=C\F)C2. The van der Waals surface area contributed by atoms with Crippen molar-refractivity contribution in [3.63, 3.8) is 0 Å². The van der Waals surface area contributed by atoms with Gasteiger partial charge in [-0.3, -0.25) is 4.90 Å². The Bertz CT molecular complexity index is 258. The molecule has 0 spiro atoms. The summed E-state index contributed by atoms with van der Waals surface area (Å²) in [4.78, 5) is 2.30. The lowest BCUT2D eigenvalue weighted by Gasteiger charge is -2.35. The Morgan fingerprint density at radius 2 is 2.29 bits per heavy atom. The Labute approximate surface area is 104 Å². The van der Waals surface area contributed by atoms with Crippen LogP contribution in [0, 0.1) is 0 Å². The maximum Gasteiger partial charge on any atom is 0.0872 e. The summed E-state index contributed by atoms with van der Waals surface area (Å²) < 4.78 is 23.4. The number of methoxy groups -OCH3 is 1. The summed E-state index contributed by atoms with van der Waals surface area (Å²) in [5.74, 6) is 0. The highest BCUT2D eigenvalue weighted by Crippen LogP contribution is 2.35. The first-order chi connectivity index (χ1) is 8.30. The lowest BCUT2D eigenvalue weighted by atomic mass is 9.97. The molecule has 0 amide bonds. The average Bonchev–Trinajstić information content (AvgIpc) is 2.60. The van der Waals surface area contributed by atoms with E-state index in [4.69, 9.17) is 9.47 Å². The highest BCUT2D eigenvalue weighted by Gasteiger charge is 2.44. The van der Waals surface area contributed by atoms with Gasteiger partial charge in [-0.1, -0.05) is 13.8 Å². The zero-order valence-electron chi connectivity index (χ0n) is 11.2. The molecule has 0 radical (unpaired) electrons. The molecule has 0 N–H and O–H groups in total. The Kier molecular flexibility index (Phi) is 6.09. The van der Waals surface area contributed by atoms with Gasteiger partial charge in [0.25, 0.3) is 0 Å². The molecule has 0 aromatic carbocycles. The molecule has 0 saturated carbocycles. The Hall–Kier alpha value is -0.450. The quantitative estimate of drug-likeness (QED) is 0.745. The van der Waals surface area contributed by atoms with Gasteiger partial charge in [0, 0.05) is 26.8 Å². The van der Waals surface area contributed by atoms with Crippen LogP contribution in [0.25, 0.3) is 0 Å². The van der Waals surface area contributed by atoms with Crippen molar-refractivity contribution in [3.05, 3.63) is 11.9 Å². The van der Waals surface area contributed by atoms with Crippen molar-refractivity contribution in [3.8, 4) is 0 Å². The van der Waals surface area contributed by atoms with Gasteiger partial charge in [-0.2, -0.15) is 0 Å². The molecule has 2 rings (SSSR count). The van der Waals surface area contributed by atoms with E-state index in [9.17, 15) is 4.39 Å². The van der Waals surface area contributed by atoms with Crippen LogP contribution >= 0.6 is 0 Å². The molecule has 3 nitrogen and oxygen atoms in total. The summed E-state index contributed by atoms with van der Waals surface area (Å²) in [5, 5.41) is 0. The third-order valence-corrected chi connectivity index (χ3v) is 3.28. The highest BCUT2D eigenvalue weighted by molar-refractivity contribution is 5.17. The fourth-order valence-electron chi connectivity index (χ4n) is 2.61. The van der Waals surface area contributed by atoms with Crippen LogP contribution in [0.15, 0.2) is 11.9 Å². The molecule has 17 heavy (non-hydrogen) atoms. The average molecular weight is 245 g/mol. The van der Waals surface area contributed by atoms with E-state index in [-0.39, 0.29) is 5.54 Å². The van der Waals surface area contributed by atoms with Crippen LogP contribution in [0.1, 0.15) is 26.7 Å². The van der Waals surface area contributed by atoms with Crippen LogP contribution in [-0.4, -0.2) is 50.5 Å². The van der Waals surface area contributed by atoms with E-state index in [1.807, 2.05) is 13.8 Å². The van der Waals surface area contributed by atoms with Crippen molar-refractivity contribution in [2.24, 2.45) is 0 Å². The van der Waals surface area contributed by atoms with Crippen LogP contribution < -0.4 is 0 Å². The molecule has 2 fully saturated rings. The number of hydrogen-bond acceptors (Lipinski definition) is 3. The van der Waals surface area contributed by atoms with Crippen LogP contribution in [0.3, 0.4) is 0 Å². The van der Waals surface area contributed by atoms with E-state index in [1.54, 1.807) is 7.11 Å². The number of ether oxygens (including phenoxy) is 2. The minimum atomic E-state index is -0.122. The number of fused-ring (bicyclic) bond motifs is 1. The standard InChI is InChI=1S/C11H18FNO2.C2H6/c1-14-8-11-5-10(6-12)7-13(11)3-2-4-15-9-11;1-2/h6H,2-5,7-9H2,1H3;1-2H3/b10-6-;. The first kappa shape index (κ1) is 14.6. The summed E-state index contributed by atoms with van der Waals surface area (Å²) in [6, 6.07) is 0. The maximum absolute atomic E-state index is 12.6. The second kappa shape index (κ2) is 7.09. The monoisotopic (exact) mass is 245 g/mol. The van der Waals surface area contributed by atoms with Crippen molar-refractivity contribution in [2.75, 3.05) is 40.0 Å². The molecule has 0 aromatic rings. The molecule has 2 heterocycles. The van der Waals surface area contributed by atoms with Crippen molar-refractivity contribution in [2.45, 2.75) is 32.2 Å². The van der Waals surface area contributed by atoms with Crippen LogP contribution in [0.2, 0.25) is 0 Å². The smallest absolute Gasteiger partial charge is 0.0872 e. The molecular weight excluding hydrogens is 221 g/mol. The third-order valence-electron chi connectivity index (χ3n) is 3.28. The van der Waals surface area contributed by atoms with E-state index in [1.165, 1.54) is 0 Å². The van der Waals surface area contributed by atoms with Crippen molar-refractivity contribution in [1.82, 2.24) is 4.90 Å². The van der Waals surface area contributed by atoms with Crippen molar-refractivity contribution in [1.29, 1.82) is 0 Å². The van der Waals surface area contributed by atoms with E-state index in [0.29, 0.717) is 13.2 Å². The summed E-state index contributed by atoms with van der Waals surface area (Å²) in [6.07, 6.45) is 2.49. The summed E-state index contributed by atoms with van der Waals surface area (Å²) in [7, 11) is 1.69. The molecule has 1 unspecified atom stereocenters. The number of hydrogen-bond donors (Lipinski definition) is 0. The molecule has 2 aliphatic heterocycles. The molecule has 2 aliphatic rings. The zero-order chi connectivity index (χ0) is 12.7. The summed E-state index contributed by atoms with van der Waals surface area (Å²) in [5.41, 5.74) is 0.737. The minimum absolute atomic E-state index is 0.122. The van der Waals surface area contributed by atoms with Gasteiger partial charge in [0.05, 0.1) is 25.1 Å². The van der Waals surface area contributed by atoms with E-state index >= 15 is 0 Å². The van der Waals surface area contributed by atoms with Crippen molar-refractivity contribution < 1.29 is 13.9 Å². The number of halogens is 1. The highest BCUT2D eigenvalue weighted by atomic mass is 19.1. The van der Waals surface area contributed by atoms with Gasteiger partial charge in [-0.25, -0.2) is 4.39 Å². The molecule has 100 valence electrons. The van der Waals surface area contributed by atoms with Crippen molar-refractivity contribution >= 4 is 0 Å². The molecule has 0 bridgehead atoms.